The van der Waals surface area contributed by atoms with E-state index in [1.54, 1.807) is 0 Å². The van der Waals surface area contributed by atoms with E-state index in [4.69, 9.17) is 9.47 Å². The Bertz CT molecular complexity index is 697. The number of amides is 1. The Labute approximate surface area is 162 Å². The quantitative estimate of drug-likeness (QED) is 0.697. The van der Waals surface area contributed by atoms with Crippen molar-refractivity contribution in [3.63, 3.8) is 0 Å². The standard InChI is InChI=1S/C22H30N2O3/c1-22(2,17-24(3)4)16-23-21(25)15-27-20-12-10-19(11-13-20)26-14-18-8-6-5-7-9-18/h5-13H,14-17H2,1-4H3,(H,23,25). The molecule has 5 heteroatoms. The van der Waals surface area contributed by atoms with Gasteiger partial charge in [0.2, 0.25) is 0 Å². The van der Waals surface area contributed by atoms with E-state index in [0.717, 1.165) is 17.9 Å². The summed E-state index contributed by atoms with van der Waals surface area (Å²) in [5.41, 5.74) is 1.13. The summed E-state index contributed by atoms with van der Waals surface area (Å²) in [5, 5.41) is 2.93. The van der Waals surface area contributed by atoms with Gasteiger partial charge >= 0.3 is 0 Å². The van der Waals surface area contributed by atoms with Gasteiger partial charge in [0.05, 0.1) is 0 Å². The number of rotatable bonds is 10. The Balaban J connectivity index is 1.72. The zero-order chi connectivity index (χ0) is 19.7. The molecule has 0 spiro atoms. The monoisotopic (exact) mass is 370 g/mol. The van der Waals surface area contributed by atoms with Crippen molar-refractivity contribution in [2.24, 2.45) is 5.41 Å². The molecular formula is C22H30N2O3. The van der Waals surface area contributed by atoms with E-state index in [9.17, 15) is 4.79 Å². The molecule has 0 unspecified atom stereocenters. The third-order valence-corrected chi connectivity index (χ3v) is 3.95. The lowest BCUT2D eigenvalue weighted by Crippen LogP contribution is -2.41. The van der Waals surface area contributed by atoms with Crippen molar-refractivity contribution in [3.05, 3.63) is 60.2 Å². The number of ether oxygens (including phenoxy) is 2. The summed E-state index contributed by atoms with van der Waals surface area (Å²) in [7, 11) is 4.06. The molecule has 0 heterocycles. The minimum atomic E-state index is -0.119. The van der Waals surface area contributed by atoms with Gasteiger partial charge in [0.1, 0.15) is 18.1 Å². The van der Waals surface area contributed by atoms with Crippen LogP contribution >= 0.6 is 0 Å². The van der Waals surface area contributed by atoms with Crippen LogP contribution in [0, 0.1) is 5.41 Å². The first-order valence-electron chi connectivity index (χ1n) is 9.15. The number of nitrogens with one attached hydrogen (secondary N) is 1. The summed E-state index contributed by atoms with van der Waals surface area (Å²) in [4.78, 5) is 14.1. The van der Waals surface area contributed by atoms with Gasteiger partial charge < -0.3 is 19.7 Å². The highest BCUT2D eigenvalue weighted by atomic mass is 16.5. The van der Waals surface area contributed by atoms with Gasteiger partial charge in [0.15, 0.2) is 6.61 Å². The molecule has 0 aliphatic carbocycles. The molecule has 0 aliphatic rings. The van der Waals surface area contributed by atoms with Crippen molar-refractivity contribution in [2.45, 2.75) is 20.5 Å². The highest BCUT2D eigenvalue weighted by Gasteiger charge is 2.19. The second kappa shape index (κ2) is 9.97. The molecule has 5 nitrogen and oxygen atoms in total. The lowest BCUT2D eigenvalue weighted by molar-refractivity contribution is -0.123. The summed E-state index contributed by atoms with van der Waals surface area (Å²) in [5.74, 6) is 1.29. The van der Waals surface area contributed by atoms with Gasteiger partial charge in [-0.3, -0.25) is 4.79 Å². The van der Waals surface area contributed by atoms with Crippen LogP contribution in [0.5, 0.6) is 11.5 Å². The van der Waals surface area contributed by atoms with Crippen LogP contribution in [-0.2, 0) is 11.4 Å². The van der Waals surface area contributed by atoms with E-state index in [1.807, 2.05) is 68.7 Å². The number of carbonyl (C=O) groups is 1. The summed E-state index contributed by atoms with van der Waals surface area (Å²) in [6.07, 6.45) is 0. The van der Waals surface area contributed by atoms with Crippen LogP contribution in [0.15, 0.2) is 54.6 Å². The number of carbonyl (C=O) groups excluding carboxylic acids is 1. The Morgan fingerprint density at radius 3 is 2.15 bits per heavy atom. The molecule has 0 saturated carbocycles. The molecule has 27 heavy (non-hydrogen) atoms. The van der Waals surface area contributed by atoms with Crippen molar-refractivity contribution in [3.8, 4) is 11.5 Å². The predicted octanol–water partition coefficient (Wildman–Crippen LogP) is 3.35. The van der Waals surface area contributed by atoms with Crippen LogP contribution in [0.2, 0.25) is 0 Å². The lowest BCUT2D eigenvalue weighted by Gasteiger charge is -2.28. The summed E-state index contributed by atoms with van der Waals surface area (Å²) >= 11 is 0. The maximum Gasteiger partial charge on any atom is 0.257 e. The number of benzene rings is 2. The smallest absolute Gasteiger partial charge is 0.257 e. The van der Waals surface area contributed by atoms with Gasteiger partial charge in [0.25, 0.3) is 5.91 Å². The molecule has 2 aromatic rings. The molecule has 1 amide bonds. The highest BCUT2D eigenvalue weighted by Crippen LogP contribution is 2.19. The van der Waals surface area contributed by atoms with E-state index < -0.39 is 0 Å². The summed E-state index contributed by atoms with van der Waals surface area (Å²) < 4.78 is 11.3. The van der Waals surface area contributed by atoms with E-state index in [2.05, 4.69) is 24.1 Å². The molecule has 2 rings (SSSR count). The number of hydrogen-bond donors (Lipinski definition) is 1. The van der Waals surface area contributed by atoms with Gasteiger partial charge in [-0.1, -0.05) is 44.2 Å². The van der Waals surface area contributed by atoms with Crippen molar-refractivity contribution in [1.29, 1.82) is 0 Å². The SMILES string of the molecule is CN(C)CC(C)(C)CNC(=O)COc1ccc(OCc2ccccc2)cc1. The Morgan fingerprint density at radius 2 is 1.56 bits per heavy atom. The van der Waals surface area contributed by atoms with Crippen molar-refractivity contribution < 1.29 is 14.3 Å². The molecule has 0 atom stereocenters. The van der Waals surface area contributed by atoms with Crippen molar-refractivity contribution >= 4 is 5.91 Å². The van der Waals surface area contributed by atoms with E-state index >= 15 is 0 Å². The Kier molecular flexibility index (Phi) is 7.67. The maximum atomic E-state index is 12.0. The third kappa shape index (κ3) is 8.13. The lowest BCUT2D eigenvalue weighted by atomic mass is 9.93. The normalized spacial score (nSPS) is 11.3. The van der Waals surface area contributed by atoms with Gasteiger partial charge in [0, 0.05) is 13.1 Å². The van der Waals surface area contributed by atoms with Gasteiger partial charge in [-0.25, -0.2) is 0 Å². The zero-order valence-corrected chi connectivity index (χ0v) is 16.7. The average Bonchev–Trinajstić information content (AvgIpc) is 2.64. The second-order valence-corrected chi connectivity index (χ2v) is 7.71. The van der Waals surface area contributed by atoms with Crippen molar-refractivity contribution in [1.82, 2.24) is 10.2 Å². The first-order valence-corrected chi connectivity index (χ1v) is 9.15. The summed E-state index contributed by atoms with van der Waals surface area (Å²) in [6, 6.07) is 17.3. The largest absolute Gasteiger partial charge is 0.489 e. The second-order valence-electron chi connectivity index (χ2n) is 7.71. The topological polar surface area (TPSA) is 50.8 Å². The predicted molar refractivity (Wildman–Crippen MR) is 108 cm³/mol. The number of nitrogens with zero attached hydrogens (tertiary/aromatic N) is 1. The molecule has 0 bridgehead atoms. The Morgan fingerprint density at radius 1 is 0.963 bits per heavy atom. The van der Waals surface area contributed by atoms with Crippen LogP contribution in [0.1, 0.15) is 19.4 Å². The molecule has 0 fully saturated rings. The third-order valence-electron chi connectivity index (χ3n) is 3.95. The van der Waals surface area contributed by atoms with Crippen LogP contribution in [0.25, 0.3) is 0 Å². The fraction of sp³-hybridized carbons (Fsp3) is 0.409. The van der Waals surface area contributed by atoms with Gasteiger partial charge in [-0.15, -0.1) is 0 Å². The van der Waals surface area contributed by atoms with Gasteiger partial charge in [-0.2, -0.15) is 0 Å². The fourth-order valence-electron chi connectivity index (χ4n) is 2.82. The molecular weight excluding hydrogens is 340 g/mol. The zero-order valence-electron chi connectivity index (χ0n) is 16.7. The van der Waals surface area contributed by atoms with Crippen LogP contribution in [0.4, 0.5) is 0 Å². The van der Waals surface area contributed by atoms with E-state index in [0.29, 0.717) is 18.9 Å². The molecule has 1 N–H and O–H groups in total. The maximum absolute atomic E-state index is 12.0. The first kappa shape index (κ1) is 20.8. The van der Waals surface area contributed by atoms with Crippen LogP contribution < -0.4 is 14.8 Å². The molecule has 2 aromatic carbocycles. The molecule has 0 aliphatic heterocycles. The molecule has 0 saturated heterocycles. The highest BCUT2D eigenvalue weighted by molar-refractivity contribution is 5.77. The number of hydrogen-bond acceptors (Lipinski definition) is 4. The van der Waals surface area contributed by atoms with E-state index in [1.165, 1.54) is 0 Å². The Hall–Kier alpha value is -2.53. The average molecular weight is 370 g/mol. The summed E-state index contributed by atoms with van der Waals surface area (Å²) in [6.45, 7) is 6.29. The molecule has 0 radical (unpaired) electrons. The fourth-order valence-corrected chi connectivity index (χ4v) is 2.82. The van der Waals surface area contributed by atoms with Gasteiger partial charge in [-0.05, 0) is 49.3 Å². The minimum Gasteiger partial charge on any atom is -0.489 e. The van der Waals surface area contributed by atoms with Crippen molar-refractivity contribution in [2.75, 3.05) is 33.8 Å². The van der Waals surface area contributed by atoms with E-state index in [-0.39, 0.29) is 17.9 Å². The minimum absolute atomic E-state index is 0.00225. The first-order chi connectivity index (χ1) is 12.8. The molecule has 0 aromatic heterocycles. The van der Waals surface area contributed by atoms with Crippen LogP contribution in [0.3, 0.4) is 0 Å². The molecule has 146 valence electrons. The van der Waals surface area contributed by atoms with Crippen LogP contribution in [-0.4, -0.2) is 44.6 Å².